The van der Waals surface area contributed by atoms with Crippen molar-refractivity contribution >= 4 is 11.9 Å². The fourth-order valence-electron chi connectivity index (χ4n) is 3.23. The molecular weight excluding hydrogens is 306 g/mol. The Morgan fingerprint density at radius 2 is 2.04 bits per heavy atom. The van der Waals surface area contributed by atoms with E-state index in [0.717, 1.165) is 31.2 Å². The standard InChI is InChI=1S/C16H27N7O/c1-22(2)15(24)9-17-16(20-12-5-3-4-6-12)21-13-7-8-14-18-11-19-23(14)10-13/h11-13H,3-10H2,1-2H3,(H2,17,20,21). The fourth-order valence-corrected chi connectivity index (χ4v) is 3.23. The molecule has 132 valence electrons. The number of carbonyl (C=O) groups excluding carboxylic acids is 1. The first kappa shape index (κ1) is 16.7. The van der Waals surface area contributed by atoms with Gasteiger partial charge in [-0.2, -0.15) is 5.10 Å². The van der Waals surface area contributed by atoms with Crippen LogP contribution in [-0.4, -0.2) is 64.3 Å². The van der Waals surface area contributed by atoms with Crippen LogP contribution in [0.2, 0.25) is 0 Å². The molecule has 1 aromatic heterocycles. The summed E-state index contributed by atoms with van der Waals surface area (Å²) in [4.78, 5) is 22.2. The number of likely N-dealkylation sites (N-methyl/N-ethyl adjacent to an activating group) is 1. The zero-order chi connectivity index (χ0) is 16.9. The van der Waals surface area contributed by atoms with Gasteiger partial charge in [0.05, 0.1) is 6.54 Å². The van der Waals surface area contributed by atoms with Gasteiger partial charge in [-0.05, 0) is 19.3 Å². The largest absolute Gasteiger partial charge is 0.354 e. The number of nitrogens with one attached hydrogen (secondary N) is 2. The number of nitrogens with zero attached hydrogens (tertiary/aromatic N) is 5. The Kier molecular flexibility index (Phi) is 5.32. The first-order valence-electron chi connectivity index (χ1n) is 8.76. The number of fused-ring (bicyclic) bond motifs is 1. The molecule has 2 aliphatic rings. The van der Waals surface area contributed by atoms with Crippen molar-refractivity contribution in [3.8, 4) is 0 Å². The van der Waals surface area contributed by atoms with Gasteiger partial charge in [-0.15, -0.1) is 0 Å². The minimum atomic E-state index is 0.00438. The second kappa shape index (κ2) is 7.63. The lowest BCUT2D eigenvalue weighted by molar-refractivity contribution is -0.127. The molecular formula is C16H27N7O. The molecule has 24 heavy (non-hydrogen) atoms. The minimum absolute atomic E-state index is 0.00438. The summed E-state index contributed by atoms with van der Waals surface area (Å²) in [6.45, 7) is 0.943. The number of aliphatic imine (C=N–C) groups is 1. The second-order valence-corrected chi connectivity index (χ2v) is 6.82. The van der Waals surface area contributed by atoms with Crippen LogP contribution in [0.1, 0.15) is 37.9 Å². The van der Waals surface area contributed by atoms with Crippen molar-refractivity contribution in [2.75, 3.05) is 20.6 Å². The average molecular weight is 333 g/mol. The lowest BCUT2D eigenvalue weighted by Crippen LogP contribution is -2.49. The molecule has 0 radical (unpaired) electrons. The molecule has 1 aliphatic heterocycles. The van der Waals surface area contributed by atoms with Crippen LogP contribution < -0.4 is 10.6 Å². The van der Waals surface area contributed by atoms with E-state index in [1.54, 1.807) is 25.3 Å². The smallest absolute Gasteiger partial charge is 0.243 e. The van der Waals surface area contributed by atoms with Gasteiger partial charge >= 0.3 is 0 Å². The summed E-state index contributed by atoms with van der Waals surface area (Å²) in [5.41, 5.74) is 0. The van der Waals surface area contributed by atoms with E-state index < -0.39 is 0 Å². The van der Waals surface area contributed by atoms with Crippen molar-refractivity contribution in [3.63, 3.8) is 0 Å². The number of guanidine groups is 1. The molecule has 8 heteroatoms. The average Bonchev–Trinajstić information content (AvgIpc) is 3.22. The summed E-state index contributed by atoms with van der Waals surface area (Å²) in [7, 11) is 3.51. The van der Waals surface area contributed by atoms with Crippen LogP contribution >= 0.6 is 0 Å². The Bertz CT molecular complexity index is 589. The maximum Gasteiger partial charge on any atom is 0.243 e. The van der Waals surface area contributed by atoms with E-state index >= 15 is 0 Å². The number of hydrogen-bond acceptors (Lipinski definition) is 4. The summed E-state index contributed by atoms with van der Waals surface area (Å²) in [6, 6.07) is 0.706. The summed E-state index contributed by atoms with van der Waals surface area (Å²) in [6.07, 6.45) is 8.36. The zero-order valence-electron chi connectivity index (χ0n) is 14.5. The molecule has 1 fully saturated rings. The SMILES string of the molecule is CN(C)C(=O)CN=C(NC1CCCC1)NC1CCc2ncnn2C1. The summed E-state index contributed by atoms with van der Waals surface area (Å²) < 4.78 is 1.94. The number of amides is 1. The van der Waals surface area contributed by atoms with Crippen molar-refractivity contribution in [1.29, 1.82) is 0 Å². The molecule has 1 amide bonds. The first-order chi connectivity index (χ1) is 11.6. The molecule has 1 aliphatic carbocycles. The lowest BCUT2D eigenvalue weighted by atomic mass is 10.1. The Balaban J connectivity index is 1.62. The lowest BCUT2D eigenvalue weighted by Gasteiger charge is -2.27. The molecule has 2 heterocycles. The van der Waals surface area contributed by atoms with Crippen molar-refractivity contribution in [2.24, 2.45) is 4.99 Å². The zero-order valence-corrected chi connectivity index (χ0v) is 14.5. The van der Waals surface area contributed by atoms with E-state index in [2.05, 4.69) is 25.7 Å². The van der Waals surface area contributed by atoms with E-state index in [1.807, 2.05) is 4.68 Å². The predicted molar refractivity (Wildman–Crippen MR) is 91.7 cm³/mol. The van der Waals surface area contributed by atoms with Crippen molar-refractivity contribution in [3.05, 3.63) is 12.2 Å². The predicted octanol–water partition coefficient (Wildman–Crippen LogP) is 0.159. The van der Waals surface area contributed by atoms with Gasteiger partial charge in [0.2, 0.25) is 5.91 Å². The maximum atomic E-state index is 11.8. The fraction of sp³-hybridized carbons (Fsp3) is 0.750. The van der Waals surface area contributed by atoms with Crippen LogP contribution in [0, 0.1) is 0 Å². The van der Waals surface area contributed by atoms with Gasteiger partial charge in [-0.3, -0.25) is 4.79 Å². The van der Waals surface area contributed by atoms with Gasteiger partial charge < -0.3 is 15.5 Å². The van der Waals surface area contributed by atoms with Crippen LogP contribution in [-0.2, 0) is 17.8 Å². The number of carbonyl (C=O) groups is 1. The molecule has 1 aromatic rings. The maximum absolute atomic E-state index is 11.8. The molecule has 2 N–H and O–H groups in total. The molecule has 1 saturated carbocycles. The third-order valence-corrected chi connectivity index (χ3v) is 4.71. The van der Waals surface area contributed by atoms with Crippen LogP contribution in [0.25, 0.3) is 0 Å². The molecule has 0 spiro atoms. The Morgan fingerprint density at radius 3 is 2.79 bits per heavy atom. The van der Waals surface area contributed by atoms with E-state index in [1.165, 1.54) is 25.7 Å². The normalized spacial score (nSPS) is 21.4. The second-order valence-electron chi connectivity index (χ2n) is 6.82. The Hall–Kier alpha value is -2.12. The van der Waals surface area contributed by atoms with Gasteiger partial charge in [0.1, 0.15) is 18.7 Å². The van der Waals surface area contributed by atoms with E-state index in [4.69, 9.17) is 0 Å². The van der Waals surface area contributed by atoms with E-state index in [0.29, 0.717) is 6.04 Å². The Morgan fingerprint density at radius 1 is 1.29 bits per heavy atom. The molecule has 0 aromatic carbocycles. The number of aryl methyl sites for hydroxylation is 1. The van der Waals surface area contributed by atoms with Crippen LogP contribution in [0.5, 0.6) is 0 Å². The first-order valence-corrected chi connectivity index (χ1v) is 8.76. The highest BCUT2D eigenvalue weighted by Gasteiger charge is 2.22. The number of hydrogen-bond donors (Lipinski definition) is 2. The highest BCUT2D eigenvalue weighted by Crippen LogP contribution is 2.17. The topological polar surface area (TPSA) is 87.4 Å². The summed E-state index contributed by atoms with van der Waals surface area (Å²) in [5, 5.41) is 11.2. The molecule has 1 unspecified atom stereocenters. The summed E-state index contributed by atoms with van der Waals surface area (Å²) >= 11 is 0. The Labute approximate surface area is 142 Å². The third kappa shape index (κ3) is 4.24. The van der Waals surface area contributed by atoms with Crippen LogP contribution in [0.3, 0.4) is 0 Å². The highest BCUT2D eigenvalue weighted by molar-refractivity contribution is 5.85. The van der Waals surface area contributed by atoms with E-state index in [-0.39, 0.29) is 18.5 Å². The molecule has 3 rings (SSSR count). The van der Waals surface area contributed by atoms with Gasteiger partial charge in [-0.25, -0.2) is 14.7 Å². The number of rotatable bonds is 4. The van der Waals surface area contributed by atoms with Gasteiger partial charge in [0, 0.05) is 32.6 Å². The van der Waals surface area contributed by atoms with E-state index in [9.17, 15) is 4.79 Å². The third-order valence-electron chi connectivity index (χ3n) is 4.71. The van der Waals surface area contributed by atoms with Crippen molar-refractivity contribution < 1.29 is 4.79 Å². The van der Waals surface area contributed by atoms with Gasteiger partial charge in [0.15, 0.2) is 5.96 Å². The monoisotopic (exact) mass is 333 g/mol. The summed E-state index contributed by atoms with van der Waals surface area (Å²) in [5.74, 6) is 1.79. The minimum Gasteiger partial charge on any atom is -0.354 e. The quantitative estimate of drug-likeness (QED) is 0.605. The highest BCUT2D eigenvalue weighted by atomic mass is 16.2. The molecule has 8 nitrogen and oxygen atoms in total. The van der Waals surface area contributed by atoms with Crippen LogP contribution in [0.15, 0.2) is 11.3 Å². The van der Waals surface area contributed by atoms with Crippen molar-refractivity contribution in [1.82, 2.24) is 30.3 Å². The number of aromatic nitrogens is 3. The molecule has 1 atom stereocenters. The van der Waals surface area contributed by atoms with Crippen molar-refractivity contribution in [2.45, 2.75) is 57.2 Å². The van der Waals surface area contributed by atoms with Gasteiger partial charge in [-0.1, -0.05) is 12.8 Å². The van der Waals surface area contributed by atoms with Crippen LogP contribution in [0.4, 0.5) is 0 Å². The van der Waals surface area contributed by atoms with Gasteiger partial charge in [0.25, 0.3) is 0 Å². The molecule has 0 bridgehead atoms. The molecule has 0 saturated heterocycles.